The van der Waals surface area contributed by atoms with Gasteiger partial charge in [0.25, 0.3) is 5.91 Å². The van der Waals surface area contributed by atoms with Crippen molar-refractivity contribution in [2.75, 3.05) is 0 Å². The van der Waals surface area contributed by atoms with Crippen molar-refractivity contribution in [3.05, 3.63) is 93.9 Å². The van der Waals surface area contributed by atoms with Crippen LogP contribution in [0, 0.1) is 7.14 Å². The van der Waals surface area contributed by atoms with Gasteiger partial charge in [-0.3, -0.25) is 4.79 Å². The van der Waals surface area contributed by atoms with E-state index in [2.05, 4.69) is 55.5 Å². The van der Waals surface area contributed by atoms with Crippen molar-refractivity contribution in [1.29, 1.82) is 0 Å². The zero-order valence-electron chi connectivity index (χ0n) is 16.2. The third-order valence-corrected chi connectivity index (χ3v) is 7.34. The molecule has 0 saturated carbocycles. The molecule has 4 nitrogen and oxygen atoms in total. The number of amides is 1. The molecule has 1 N–H and O–H groups in total. The van der Waals surface area contributed by atoms with Crippen LogP contribution in [0.3, 0.4) is 0 Å². The van der Waals surface area contributed by atoms with Gasteiger partial charge in [-0.05, 0) is 123 Å². The summed E-state index contributed by atoms with van der Waals surface area (Å²) in [6, 6.07) is 18.7. The summed E-state index contributed by atoms with van der Waals surface area (Å²) in [5.41, 5.74) is 2.69. The van der Waals surface area contributed by atoms with Gasteiger partial charge in [0.05, 0.1) is 17.7 Å². The van der Waals surface area contributed by atoms with Crippen LogP contribution in [-0.2, 0) is 11.4 Å². The van der Waals surface area contributed by atoms with E-state index in [0.717, 1.165) is 29.7 Å². The van der Waals surface area contributed by atoms with Gasteiger partial charge in [-0.1, -0.05) is 35.3 Å². The van der Waals surface area contributed by atoms with E-state index in [0.29, 0.717) is 26.7 Å². The Bertz CT molecular complexity index is 1210. The number of benzene rings is 3. The molecule has 1 aliphatic rings. The second-order valence-corrected chi connectivity index (χ2v) is 10.9. The standard InChI is InChI=1S/C23H14Cl2I2N2O2S/c24-15-3-1-13(2-4-15)12-31-21-18(26)9-14(10-19(21)27)11-20-22(30)29-23(32-20)28-17-7-5-16(25)6-8-17/h1-11H,12H2,(H,28,29,30)/b20-11-. The number of hydrogen-bond donors (Lipinski definition) is 1. The van der Waals surface area contributed by atoms with E-state index in [1.54, 1.807) is 24.3 Å². The van der Waals surface area contributed by atoms with Crippen molar-refractivity contribution >= 4 is 103 Å². The Balaban J connectivity index is 1.49. The molecule has 32 heavy (non-hydrogen) atoms. The fourth-order valence-corrected chi connectivity index (χ4v) is 6.02. The van der Waals surface area contributed by atoms with Crippen LogP contribution >= 0.6 is 80.1 Å². The van der Waals surface area contributed by atoms with Crippen molar-refractivity contribution in [2.45, 2.75) is 6.61 Å². The second kappa shape index (κ2) is 10.8. The molecule has 1 aliphatic heterocycles. The van der Waals surface area contributed by atoms with Crippen LogP contribution in [0.5, 0.6) is 5.75 Å². The van der Waals surface area contributed by atoms with Crippen LogP contribution in [0.15, 0.2) is 70.6 Å². The van der Waals surface area contributed by atoms with Crippen molar-refractivity contribution in [3.8, 4) is 5.75 Å². The zero-order chi connectivity index (χ0) is 22.7. The molecule has 0 spiro atoms. The van der Waals surface area contributed by atoms with Gasteiger partial charge in [-0.2, -0.15) is 0 Å². The number of amidine groups is 1. The molecule has 9 heteroatoms. The first-order valence-electron chi connectivity index (χ1n) is 9.29. The normalized spacial score (nSPS) is 15.9. The largest absolute Gasteiger partial charge is 0.487 e. The third kappa shape index (κ3) is 6.19. The van der Waals surface area contributed by atoms with Gasteiger partial charge in [0, 0.05) is 10.0 Å². The second-order valence-electron chi connectivity index (χ2n) is 6.69. The number of rotatable bonds is 5. The fourth-order valence-electron chi connectivity index (χ4n) is 2.80. The molecule has 1 saturated heterocycles. The highest BCUT2D eigenvalue weighted by atomic mass is 127. The van der Waals surface area contributed by atoms with E-state index < -0.39 is 0 Å². The number of carbonyl (C=O) groups excluding carboxylic acids is 1. The maximum Gasteiger partial charge on any atom is 0.264 e. The van der Waals surface area contributed by atoms with Crippen LogP contribution in [0.4, 0.5) is 5.69 Å². The summed E-state index contributed by atoms with van der Waals surface area (Å²) in [4.78, 5) is 17.5. The van der Waals surface area contributed by atoms with E-state index >= 15 is 0 Å². The van der Waals surface area contributed by atoms with E-state index in [1.807, 2.05) is 42.5 Å². The van der Waals surface area contributed by atoms with Gasteiger partial charge in [0.2, 0.25) is 0 Å². The first kappa shape index (κ1) is 23.9. The first-order chi connectivity index (χ1) is 15.4. The van der Waals surface area contributed by atoms with Crippen molar-refractivity contribution < 1.29 is 9.53 Å². The molecule has 3 aromatic carbocycles. The highest BCUT2D eigenvalue weighted by molar-refractivity contribution is 14.1. The van der Waals surface area contributed by atoms with Gasteiger partial charge in [0.15, 0.2) is 5.17 Å². The number of ether oxygens (including phenoxy) is 1. The SMILES string of the molecule is O=C1NC(=Nc2ccc(Cl)cc2)S/C1=C\c1cc(I)c(OCc2ccc(Cl)cc2)c(I)c1. The Kier molecular flexibility index (Phi) is 8.04. The maximum absolute atomic E-state index is 12.4. The summed E-state index contributed by atoms with van der Waals surface area (Å²) in [6.45, 7) is 0.451. The van der Waals surface area contributed by atoms with Crippen LogP contribution in [0.2, 0.25) is 10.0 Å². The Morgan fingerprint density at radius 3 is 2.19 bits per heavy atom. The monoisotopic (exact) mass is 706 g/mol. The minimum absolute atomic E-state index is 0.171. The molecule has 1 heterocycles. The van der Waals surface area contributed by atoms with Gasteiger partial charge in [-0.25, -0.2) is 4.99 Å². The molecular weight excluding hydrogens is 693 g/mol. The molecule has 162 valence electrons. The van der Waals surface area contributed by atoms with Gasteiger partial charge < -0.3 is 10.1 Å². The number of aliphatic imine (C=N–C) groups is 1. The number of hydrogen-bond acceptors (Lipinski definition) is 4. The molecule has 0 unspecified atom stereocenters. The average Bonchev–Trinajstić information content (AvgIpc) is 3.09. The molecule has 0 bridgehead atoms. The Hall–Kier alpha value is -1.27. The van der Waals surface area contributed by atoms with Crippen LogP contribution in [0.25, 0.3) is 6.08 Å². The van der Waals surface area contributed by atoms with E-state index in [4.69, 9.17) is 27.9 Å². The minimum atomic E-state index is -0.171. The third-order valence-electron chi connectivity index (χ3n) is 4.32. The number of halogens is 4. The van der Waals surface area contributed by atoms with Gasteiger partial charge >= 0.3 is 0 Å². The lowest BCUT2D eigenvalue weighted by Crippen LogP contribution is -2.19. The minimum Gasteiger partial charge on any atom is -0.487 e. The summed E-state index contributed by atoms with van der Waals surface area (Å²) in [5.74, 6) is 0.646. The zero-order valence-corrected chi connectivity index (χ0v) is 22.9. The van der Waals surface area contributed by atoms with Gasteiger partial charge in [-0.15, -0.1) is 0 Å². The highest BCUT2D eigenvalue weighted by Crippen LogP contribution is 2.33. The van der Waals surface area contributed by atoms with E-state index in [-0.39, 0.29) is 5.91 Å². The Morgan fingerprint density at radius 2 is 1.56 bits per heavy atom. The lowest BCUT2D eigenvalue weighted by atomic mass is 10.2. The van der Waals surface area contributed by atoms with Crippen molar-refractivity contribution in [1.82, 2.24) is 5.32 Å². The summed E-state index contributed by atoms with van der Waals surface area (Å²) in [6.07, 6.45) is 1.86. The Morgan fingerprint density at radius 1 is 0.969 bits per heavy atom. The number of carbonyl (C=O) groups is 1. The van der Waals surface area contributed by atoms with Crippen molar-refractivity contribution in [2.24, 2.45) is 4.99 Å². The number of nitrogens with one attached hydrogen (secondary N) is 1. The average molecular weight is 707 g/mol. The van der Waals surface area contributed by atoms with Crippen molar-refractivity contribution in [3.63, 3.8) is 0 Å². The predicted molar refractivity (Wildman–Crippen MR) is 150 cm³/mol. The quantitative estimate of drug-likeness (QED) is 0.219. The molecule has 3 aromatic rings. The lowest BCUT2D eigenvalue weighted by Gasteiger charge is -2.12. The molecular formula is C23H14Cl2I2N2O2S. The summed E-state index contributed by atoms with van der Waals surface area (Å²) >= 11 is 17.7. The molecule has 0 radical (unpaired) electrons. The van der Waals surface area contributed by atoms with Crippen LogP contribution < -0.4 is 10.1 Å². The molecule has 0 aromatic heterocycles. The molecule has 0 aliphatic carbocycles. The fraction of sp³-hybridized carbons (Fsp3) is 0.0435. The molecule has 1 fully saturated rings. The number of thioether (sulfide) groups is 1. The summed E-state index contributed by atoms with van der Waals surface area (Å²) in [5, 5.41) is 4.68. The predicted octanol–water partition coefficient (Wildman–Crippen LogP) is 7.67. The van der Waals surface area contributed by atoms with Gasteiger partial charge in [0.1, 0.15) is 12.4 Å². The maximum atomic E-state index is 12.4. The topological polar surface area (TPSA) is 50.7 Å². The Labute approximate surface area is 227 Å². The summed E-state index contributed by atoms with van der Waals surface area (Å²) < 4.78 is 7.97. The highest BCUT2D eigenvalue weighted by Gasteiger charge is 2.24. The van der Waals surface area contributed by atoms with Crippen LogP contribution in [-0.4, -0.2) is 11.1 Å². The van der Waals surface area contributed by atoms with E-state index in [9.17, 15) is 4.79 Å². The number of nitrogens with zero attached hydrogens (tertiary/aromatic N) is 1. The van der Waals surface area contributed by atoms with Crippen LogP contribution in [0.1, 0.15) is 11.1 Å². The molecule has 0 atom stereocenters. The first-order valence-corrected chi connectivity index (χ1v) is 13.0. The molecule has 1 amide bonds. The summed E-state index contributed by atoms with van der Waals surface area (Å²) in [7, 11) is 0. The van der Waals surface area contributed by atoms with E-state index in [1.165, 1.54) is 11.8 Å². The molecule has 4 rings (SSSR count). The lowest BCUT2D eigenvalue weighted by molar-refractivity contribution is -0.115. The smallest absolute Gasteiger partial charge is 0.264 e.